The zero-order valence-electron chi connectivity index (χ0n) is 6.80. The molecule has 0 bridgehead atoms. The number of nitrogens with zero attached hydrogens (tertiary/aromatic N) is 1. The van der Waals surface area contributed by atoms with Crippen LogP contribution in [0.5, 0.6) is 0 Å². The lowest BCUT2D eigenvalue weighted by Crippen LogP contribution is -2.49. The van der Waals surface area contributed by atoms with E-state index in [2.05, 4.69) is 24.3 Å². The molecule has 0 aromatic heterocycles. The maximum Gasteiger partial charge on any atom is 0.0136 e. The third-order valence-corrected chi connectivity index (χ3v) is 3.09. The van der Waals surface area contributed by atoms with Gasteiger partial charge in [0.2, 0.25) is 0 Å². The minimum Gasteiger partial charge on any atom is -0.316 e. The van der Waals surface area contributed by atoms with Crippen LogP contribution in [0.4, 0.5) is 0 Å². The lowest BCUT2D eigenvalue weighted by Gasteiger charge is -2.43. The van der Waals surface area contributed by atoms with Crippen LogP contribution in [0.3, 0.4) is 0 Å². The molecule has 1 saturated heterocycles. The van der Waals surface area contributed by atoms with Gasteiger partial charge in [0.15, 0.2) is 0 Å². The quantitative estimate of drug-likeness (QED) is 0.558. The molecule has 2 fully saturated rings. The van der Waals surface area contributed by atoms with Crippen molar-refractivity contribution in [3.63, 3.8) is 0 Å². The van der Waals surface area contributed by atoms with Crippen LogP contribution >= 0.6 is 0 Å². The molecule has 2 aliphatic rings. The van der Waals surface area contributed by atoms with Gasteiger partial charge >= 0.3 is 0 Å². The molecule has 0 aromatic carbocycles. The van der Waals surface area contributed by atoms with Crippen molar-refractivity contribution < 1.29 is 0 Å². The molecule has 0 unspecified atom stereocenters. The van der Waals surface area contributed by atoms with E-state index in [1.165, 1.54) is 19.5 Å². The SMILES string of the molecule is CN(C)[C@@H]1C[C@H]2CNC[C@H]21. The second-order valence-electron chi connectivity index (χ2n) is 3.85. The molecule has 0 radical (unpaired) electrons. The predicted octanol–water partition coefficient (Wildman–Crippen LogP) is 0.156. The topological polar surface area (TPSA) is 15.3 Å². The van der Waals surface area contributed by atoms with Crippen molar-refractivity contribution in [1.29, 1.82) is 0 Å². The van der Waals surface area contributed by atoms with Crippen LogP contribution in [-0.2, 0) is 0 Å². The van der Waals surface area contributed by atoms with Gasteiger partial charge in [-0.3, -0.25) is 0 Å². The molecule has 0 spiro atoms. The van der Waals surface area contributed by atoms with Gasteiger partial charge in [0.1, 0.15) is 0 Å². The number of hydrogen-bond acceptors (Lipinski definition) is 2. The van der Waals surface area contributed by atoms with E-state index in [0.717, 1.165) is 17.9 Å². The summed E-state index contributed by atoms with van der Waals surface area (Å²) in [7, 11) is 4.39. The molecule has 58 valence electrons. The van der Waals surface area contributed by atoms with Gasteiger partial charge in [0.25, 0.3) is 0 Å². The third-order valence-electron chi connectivity index (χ3n) is 3.09. The normalized spacial score (nSPS) is 45.3. The summed E-state index contributed by atoms with van der Waals surface area (Å²) in [6.45, 7) is 2.53. The molecule has 1 aliphatic heterocycles. The molecule has 1 N–H and O–H groups in total. The maximum atomic E-state index is 3.44. The van der Waals surface area contributed by atoms with Crippen LogP contribution in [0.2, 0.25) is 0 Å². The molecule has 3 atom stereocenters. The number of rotatable bonds is 1. The Labute approximate surface area is 62.6 Å². The molecule has 1 saturated carbocycles. The van der Waals surface area contributed by atoms with E-state index in [1.807, 2.05) is 0 Å². The van der Waals surface area contributed by atoms with E-state index in [1.54, 1.807) is 0 Å². The first-order valence-corrected chi connectivity index (χ1v) is 4.16. The van der Waals surface area contributed by atoms with Crippen LogP contribution < -0.4 is 5.32 Å². The maximum absolute atomic E-state index is 3.44. The fraction of sp³-hybridized carbons (Fsp3) is 1.00. The van der Waals surface area contributed by atoms with Crippen molar-refractivity contribution in [2.45, 2.75) is 12.5 Å². The van der Waals surface area contributed by atoms with Crippen molar-refractivity contribution in [2.24, 2.45) is 11.8 Å². The molecule has 10 heavy (non-hydrogen) atoms. The first-order valence-electron chi connectivity index (χ1n) is 4.16. The van der Waals surface area contributed by atoms with Crippen molar-refractivity contribution in [2.75, 3.05) is 27.2 Å². The Balaban J connectivity index is 1.94. The summed E-state index contributed by atoms with van der Waals surface area (Å²) >= 11 is 0. The Morgan fingerprint density at radius 1 is 1.30 bits per heavy atom. The Bertz CT molecular complexity index is 133. The third kappa shape index (κ3) is 0.789. The lowest BCUT2D eigenvalue weighted by molar-refractivity contribution is 0.0703. The summed E-state index contributed by atoms with van der Waals surface area (Å²) in [6, 6.07) is 0.875. The van der Waals surface area contributed by atoms with E-state index in [4.69, 9.17) is 0 Å². The molecule has 0 aromatic rings. The number of fused-ring (bicyclic) bond motifs is 1. The minimum atomic E-state index is 0.875. The van der Waals surface area contributed by atoms with E-state index < -0.39 is 0 Å². The summed E-state index contributed by atoms with van der Waals surface area (Å²) in [5.41, 5.74) is 0. The highest BCUT2D eigenvalue weighted by Gasteiger charge is 2.44. The lowest BCUT2D eigenvalue weighted by atomic mass is 9.71. The predicted molar refractivity (Wildman–Crippen MR) is 41.9 cm³/mol. The summed E-state index contributed by atoms with van der Waals surface area (Å²) in [6.07, 6.45) is 1.42. The molecular weight excluding hydrogens is 124 g/mol. The monoisotopic (exact) mass is 140 g/mol. The van der Waals surface area contributed by atoms with E-state index in [9.17, 15) is 0 Å². The standard InChI is InChI=1S/C8H16N2/c1-10(2)8-3-6-4-9-5-7(6)8/h6-9H,3-5H2,1-2H3/t6-,7+,8+/m0/s1. The Morgan fingerprint density at radius 2 is 2.10 bits per heavy atom. The number of nitrogens with one attached hydrogen (secondary N) is 1. The molecular formula is C8H16N2. The Kier molecular flexibility index (Phi) is 1.46. The average Bonchev–Trinajstić information content (AvgIpc) is 2.11. The van der Waals surface area contributed by atoms with E-state index in [-0.39, 0.29) is 0 Å². The first kappa shape index (κ1) is 6.62. The van der Waals surface area contributed by atoms with Crippen LogP contribution in [0.25, 0.3) is 0 Å². The minimum absolute atomic E-state index is 0.875. The van der Waals surface area contributed by atoms with Gasteiger partial charge in [0.05, 0.1) is 0 Å². The average molecular weight is 140 g/mol. The van der Waals surface area contributed by atoms with Gasteiger partial charge in [-0.25, -0.2) is 0 Å². The zero-order chi connectivity index (χ0) is 7.14. The van der Waals surface area contributed by atoms with Crippen molar-refractivity contribution >= 4 is 0 Å². The number of hydrogen-bond donors (Lipinski definition) is 1. The highest BCUT2D eigenvalue weighted by molar-refractivity contribution is 4.99. The first-order chi connectivity index (χ1) is 4.79. The molecule has 2 nitrogen and oxygen atoms in total. The van der Waals surface area contributed by atoms with Gasteiger partial charge in [-0.2, -0.15) is 0 Å². The molecule has 2 rings (SSSR count). The van der Waals surface area contributed by atoms with E-state index >= 15 is 0 Å². The Hall–Kier alpha value is -0.0800. The van der Waals surface area contributed by atoms with Crippen molar-refractivity contribution in [1.82, 2.24) is 10.2 Å². The second-order valence-corrected chi connectivity index (χ2v) is 3.85. The molecule has 0 amide bonds. The smallest absolute Gasteiger partial charge is 0.0136 e. The summed E-state index contributed by atoms with van der Waals surface area (Å²) in [5, 5.41) is 3.44. The largest absolute Gasteiger partial charge is 0.316 e. The van der Waals surface area contributed by atoms with Crippen LogP contribution in [0.1, 0.15) is 6.42 Å². The van der Waals surface area contributed by atoms with Crippen molar-refractivity contribution in [3.8, 4) is 0 Å². The van der Waals surface area contributed by atoms with Crippen LogP contribution in [0.15, 0.2) is 0 Å². The summed E-state index contributed by atoms with van der Waals surface area (Å²) in [5.74, 6) is 1.97. The summed E-state index contributed by atoms with van der Waals surface area (Å²) in [4.78, 5) is 2.37. The van der Waals surface area contributed by atoms with Crippen LogP contribution in [-0.4, -0.2) is 38.1 Å². The second kappa shape index (κ2) is 2.21. The molecule has 1 heterocycles. The van der Waals surface area contributed by atoms with E-state index in [0.29, 0.717) is 0 Å². The highest BCUT2D eigenvalue weighted by Crippen LogP contribution is 2.39. The fourth-order valence-electron chi connectivity index (χ4n) is 2.34. The highest BCUT2D eigenvalue weighted by atomic mass is 15.1. The van der Waals surface area contributed by atoms with Gasteiger partial charge in [-0.05, 0) is 45.4 Å². The molecule has 1 aliphatic carbocycles. The van der Waals surface area contributed by atoms with Crippen molar-refractivity contribution in [3.05, 3.63) is 0 Å². The molecule has 2 heteroatoms. The van der Waals surface area contributed by atoms with Gasteiger partial charge in [-0.15, -0.1) is 0 Å². The van der Waals surface area contributed by atoms with Crippen LogP contribution in [0, 0.1) is 11.8 Å². The van der Waals surface area contributed by atoms with Gasteiger partial charge in [0, 0.05) is 6.04 Å². The fourth-order valence-corrected chi connectivity index (χ4v) is 2.34. The zero-order valence-corrected chi connectivity index (χ0v) is 6.80. The van der Waals surface area contributed by atoms with Gasteiger partial charge < -0.3 is 10.2 Å². The van der Waals surface area contributed by atoms with Gasteiger partial charge in [-0.1, -0.05) is 0 Å². The summed E-state index contributed by atoms with van der Waals surface area (Å²) < 4.78 is 0. The Morgan fingerprint density at radius 3 is 2.70 bits per heavy atom.